The van der Waals surface area contributed by atoms with Crippen molar-refractivity contribution in [3.8, 4) is 0 Å². The van der Waals surface area contributed by atoms with Crippen molar-refractivity contribution in [2.45, 2.75) is 38.1 Å². The number of hydrogen-bond acceptors (Lipinski definition) is 4. The van der Waals surface area contributed by atoms with Crippen LogP contribution in [0.2, 0.25) is 0 Å². The summed E-state index contributed by atoms with van der Waals surface area (Å²) in [6.07, 6.45) is 6.53. The highest BCUT2D eigenvalue weighted by molar-refractivity contribution is 5.92. The van der Waals surface area contributed by atoms with Crippen LogP contribution in [0.15, 0.2) is 12.3 Å². The molecule has 2 aliphatic heterocycles. The van der Waals surface area contributed by atoms with E-state index in [4.69, 9.17) is 0 Å². The largest absolute Gasteiger partial charge is 0.351 e. The number of aromatic nitrogens is 2. The minimum Gasteiger partial charge on any atom is -0.351 e. The highest BCUT2D eigenvalue weighted by Gasteiger charge is 2.20. The Balaban J connectivity index is 0.00000208. The van der Waals surface area contributed by atoms with Crippen molar-refractivity contribution in [1.29, 1.82) is 0 Å². The number of piperidine rings is 1. The quantitative estimate of drug-likeness (QED) is 0.745. The van der Waals surface area contributed by atoms with E-state index in [1.165, 1.54) is 0 Å². The first-order valence-corrected chi connectivity index (χ1v) is 8.56. The van der Waals surface area contributed by atoms with Gasteiger partial charge in [-0.2, -0.15) is 5.10 Å². The number of halogens is 1. The summed E-state index contributed by atoms with van der Waals surface area (Å²) in [6, 6.07) is 2.11. The third kappa shape index (κ3) is 4.70. The van der Waals surface area contributed by atoms with Crippen LogP contribution in [0.1, 0.15) is 48.6 Å². The molecule has 7 nitrogen and oxygen atoms in total. The van der Waals surface area contributed by atoms with Crippen LogP contribution in [0.4, 0.5) is 0 Å². The number of likely N-dealkylation sites (tertiary alicyclic amines) is 1. The number of nitrogens with zero attached hydrogens (tertiary/aromatic N) is 3. The monoisotopic (exact) mass is 355 g/mol. The van der Waals surface area contributed by atoms with E-state index in [2.05, 4.69) is 15.7 Å². The van der Waals surface area contributed by atoms with Crippen LogP contribution < -0.4 is 10.6 Å². The van der Waals surface area contributed by atoms with E-state index in [0.29, 0.717) is 24.7 Å². The lowest BCUT2D eigenvalue weighted by atomic mass is 10.1. The highest BCUT2D eigenvalue weighted by atomic mass is 35.5. The fourth-order valence-corrected chi connectivity index (χ4v) is 3.22. The molecule has 1 atom stereocenters. The smallest absolute Gasteiger partial charge is 0.271 e. The summed E-state index contributed by atoms with van der Waals surface area (Å²) in [5.41, 5.74) is 0.466. The molecule has 0 aromatic carbocycles. The molecular formula is C16H26ClN5O2. The van der Waals surface area contributed by atoms with Crippen LogP contribution in [0.5, 0.6) is 0 Å². The maximum atomic E-state index is 12.1. The van der Waals surface area contributed by atoms with Crippen molar-refractivity contribution < 1.29 is 9.59 Å². The Morgan fingerprint density at radius 2 is 2.29 bits per heavy atom. The van der Waals surface area contributed by atoms with Crippen LogP contribution in [0, 0.1) is 0 Å². The Kier molecular flexibility index (Phi) is 7.05. The highest BCUT2D eigenvalue weighted by Crippen LogP contribution is 2.15. The van der Waals surface area contributed by atoms with E-state index in [9.17, 15) is 9.59 Å². The van der Waals surface area contributed by atoms with E-state index >= 15 is 0 Å². The van der Waals surface area contributed by atoms with Crippen molar-refractivity contribution >= 4 is 24.2 Å². The Labute approximate surface area is 148 Å². The molecule has 2 N–H and O–H groups in total. The standard InChI is InChI=1S/C16H25N5O2.ClH/c22-15-5-2-9-20(15)10-3-8-18-16(23)14-6-11-21(19-14)13-4-1-7-17-12-13;/h6,11,13,17H,1-5,7-10,12H2,(H,18,23);1H. The molecule has 2 amide bonds. The topological polar surface area (TPSA) is 79.3 Å². The summed E-state index contributed by atoms with van der Waals surface area (Å²) < 4.78 is 1.89. The molecule has 3 rings (SSSR count). The molecule has 1 unspecified atom stereocenters. The average Bonchev–Trinajstić information content (AvgIpc) is 3.22. The molecule has 134 valence electrons. The van der Waals surface area contributed by atoms with Gasteiger partial charge in [-0.1, -0.05) is 0 Å². The number of carbonyl (C=O) groups excluding carboxylic acids is 2. The van der Waals surface area contributed by atoms with E-state index in [1.807, 2.05) is 15.8 Å². The van der Waals surface area contributed by atoms with Gasteiger partial charge in [0, 0.05) is 38.8 Å². The predicted molar refractivity (Wildman–Crippen MR) is 93.4 cm³/mol. The van der Waals surface area contributed by atoms with Gasteiger partial charge in [0.2, 0.25) is 5.91 Å². The van der Waals surface area contributed by atoms with Gasteiger partial charge in [-0.3, -0.25) is 14.3 Å². The minimum absolute atomic E-state index is 0. The number of carbonyl (C=O) groups is 2. The van der Waals surface area contributed by atoms with E-state index < -0.39 is 0 Å². The summed E-state index contributed by atoms with van der Waals surface area (Å²) in [4.78, 5) is 25.5. The van der Waals surface area contributed by atoms with Crippen molar-refractivity contribution in [3.63, 3.8) is 0 Å². The van der Waals surface area contributed by atoms with Gasteiger partial charge >= 0.3 is 0 Å². The number of nitrogens with one attached hydrogen (secondary N) is 2. The fourth-order valence-electron chi connectivity index (χ4n) is 3.22. The zero-order valence-electron chi connectivity index (χ0n) is 13.9. The van der Waals surface area contributed by atoms with Gasteiger partial charge in [0.15, 0.2) is 0 Å². The van der Waals surface area contributed by atoms with Gasteiger partial charge in [-0.25, -0.2) is 0 Å². The zero-order valence-corrected chi connectivity index (χ0v) is 14.7. The van der Waals surface area contributed by atoms with Gasteiger partial charge < -0.3 is 15.5 Å². The molecule has 8 heteroatoms. The number of hydrogen-bond donors (Lipinski definition) is 2. The van der Waals surface area contributed by atoms with Crippen molar-refractivity contribution in [2.75, 3.05) is 32.7 Å². The molecule has 2 fully saturated rings. The molecule has 0 bridgehead atoms. The molecule has 24 heavy (non-hydrogen) atoms. The molecule has 1 aromatic rings. The Morgan fingerprint density at radius 3 is 3.00 bits per heavy atom. The SMILES string of the molecule is Cl.O=C(NCCCN1CCCC1=O)c1ccn(C2CCCNC2)n1. The predicted octanol–water partition coefficient (Wildman–Crippen LogP) is 0.972. The second-order valence-electron chi connectivity index (χ2n) is 6.27. The van der Waals surface area contributed by atoms with Gasteiger partial charge in [0.1, 0.15) is 5.69 Å². The molecule has 0 spiro atoms. The second-order valence-corrected chi connectivity index (χ2v) is 6.27. The van der Waals surface area contributed by atoms with Gasteiger partial charge in [0.05, 0.1) is 6.04 Å². The third-order valence-corrected chi connectivity index (χ3v) is 4.55. The molecule has 0 saturated carbocycles. The first-order valence-electron chi connectivity index (χ1n) is 8.56. The molecule has 1 aromatic heterocycles. The van der Waals surface area contributed by atoms with Crippen LogP contribution in [0.25, 0.3) is 0 Å². The lowest BCUT2D eigenvalue weighted by Crippen LogP contribution is -2.32. The number of amides is 2. The van der Waals surface area contributed by atoms with E-state index in [1.54, 1.807) is 6.07 Å². The number of rotatable bonds is 6. The zero-order chi connectivity index (χ0) is 16.1. The van der Waals surface area contributed by atoms with Crippen molar-refractivity contribution in [3.05, 3.63) is 18.0 Å². The molecule has 3 heterocycles. The second kappa shape index (κ2) is 9.03. The maximum absolute atomic E-state index is 12.1. The van der Waals surface area contributed by atoms with Crippen molar-refractivity contribution in [2.24, 2.45) is 0 Å². The van der Waals surface area contributed by atoms with E-state index in [-0.39, 0.29) is 24.2 Å². The molecule has 2 saturated heterocycles. The summed E-state index contributed by atoms with van der Waals surface area (Å²) >= 11 is 0. The Morgan fingerprint density at radius 1 is 1.42 bits per heavy atom. The minimum atomic E-state index is -0.139. The van der Waals surface area contributed by atoms with Gasteiger partial charge in [-0.05, 0) is 38.3 Å². The Bertz CT molecular complexity index is 556. The van der Waals surface area contributed by atoms with Gasteiger partial charge in [0.25, 0.3) is 5.91 Å². The van der Waals surface area contributed by atoms with Crippen LogP contribution in [-0.2, 0) is 4.79 Å². The average molecular weight is 356 g/mol. The van der Waals surface area contributed by atoms with Crippen LogP contribution >= 0.6 is 12.4 Å². The molecular weight excluding hydrogens is 330 g/mol. The molecule has 2 aliphatic rings. The lowest BCUT2D eigenvalue weighted by Gasteiger charge is -2.22. The third-order valence-electron chi connectivity index (χ3n) is 4.55. The summed E-state index contributed by atoms with van der Waals surface area (Å²) in [5.74, 6) is 0.0939. The van der Waals surface area contributed by atoms with Gasteiger partial charge in [-0.15, -0.1) is 12.4 Å². The fraction of sp³-hybridized carbons (Fsp3) is 0.688. The normalized spacial score (nSPS) is 20.8. The van der Waals surface area contributed by atoms with Crippen LogP contribution in [-0.4, -0.2) is 59.2 Å². The van der Waals surface area contributed by atoms with Crippen molar-refractivity contribution in [1.82, 2.24) is 25.3 Å². The molecule has 0 aliphatic carbocycles. The first-order chi connectivity index (χ1) is 11.2. The molecule has 0 radical (unpaired) electrons. The van der Waals surface area contributed by atoms with E-state index in [0.717, 1.165) is 51.9 Å². The summed E-state index contributed by atoms with van der Waals surface area (Å²) in [5, 5.41) is 10.6. The lowest BCUT2D eigenvalue weighted by molar-refractivity contribution is -0.127. The summed E-state index contributed by atoms with van der Waals surface area (Å²) in [6.45, 7) is 4.12. The maximum Gasteiger partial charge on any atom is 0.271 e. The van der Waals surface area contributed by atoms with Crippen LogP contribution in [0.3, 0.4) is 0 Å². The first kappa shape index (κ1) is 18.7. The Hall–Kier alpha value is -1.60. The summed E-state index contributed by atoms with van der Waals surface area (Å²) in [7, 11) is 0.